The van der Waals surface area contributed by atoms with Crippen LogP contribution in [0, 0.1) is 17.3 Å². The van der Waals surface area contributed by atoms with E-state index in [2.05, 4.69) is 47.3 Å². The lowest BCUT2D eigenvalue weighted by Crippen LogP contribution is -2.41. The predicted octanol–water partition coefficient (Wildman–Crippen LogP) is 4.01. The van der Waals surface area contributed by atoms with Crippen molar-refractivity contribution < 1.29 is 14.3 Å². The van der Waals surface area contributed by atoms with Crippen LogP contribution in [0.15, 0.2) is 24.4 Å². The fourth-order valence-corrected chi connectivity index (χ4v) is 7.14. The number of halogens is 1. The second-order valence-corrected chi connectivity index (χ2v) is 12.2. The maximum Gasteiger partial charge on any atom is 0.234 e. The van der Waals surface area contributed by atoms with E-state index in [0.29, 0.717) is 6.54 Å². The lowest BCUT2D eigenvalue weighted by Gasteiger charge is -2.29. The molecule has 0 bridgehead atoms. The number of hydrogen-bond acceptors (Lipinski definition) is 7. The third-order valence-corrected chi connectivity index (χ3v) is 9.38. The molecule has 2 aliphatic heterocycles. The van der Waals surface area contributed by atoms with Crippen LogP contribution in [0.5, 0.6) is 0 Å². The molecule has 198 valence electrons. The van der Waals surface area contributed by atoms with Gasteiger partial charge in [0.25, 0.3) is 0 Å². The summed E-state index contributed by atoms with van der Waals surface area (Å²) in [6, 6.07) is 6.24. The first-order chi connectivity index (χ1) is 17.2. The summed E-state index contributed by atoms with van der Waals surface area (Å²) in [5.41, 5.74) is 5.09. The fraction of sp³-hybridized carbons (Fsp3) is 0.519. The normalized spacial score (nSPS) is 25.2. The molecule has 6 rings (SSSR count). The minimum atomic E-state index is -0.190. The number of carbonyl (C=O) groups is 2. The Labute approximate surface area is 227 Å². The molecular formula is C27H34ClN5O3S. The molecule has 3 fully saturated rings. The van der Waals surface area contributed by atoms with Crippen LogP contribution < -0.4 is 10.2 Å². The number of carbonyl (C=O) groups excluding carboxylic acids is 2. The fourth-order valence-electron chi connectivity index (χ4n) is 6.01. The van der Waals surface area contributed by atoms with Crippen molar-refractivity contribution in [3.8, 4) is 11.3 Å². The van der Waals surface area contributed by atoms with E-state index in [1.807, 2.05) is 32.2 Å². The third-order valence-electron chi connectivity index (χ3n) is 8.24. The number of aromatic amines is 1. The van der Waals surface area contributed by atoms with Crippen molar-refractivity contribution in [3.05, 3.63) is 35.0 Å². The van der Waals surface area contributed by atoms with Crippen LogP contribution in [0.2, 0.25) is 0 Å². The Kier molecular flexibility index (Phi) is 6.63. The number of likely N-dealkylation sites (tertiary alicyclic amines) is 1. The van der Waals surface area contributed by atoms with Crippen LogP contribution in [0.25, 0.3) is 21.5 Å². The molecule has 5 heterocycles. The zero-order chi connectivity index (χ0) is 25.4. The summed E-state index contributed by atoms with van der Waals surface area (Å²) in [6.45, 7) is 9.01. The molecule has 0 spiro atoms. The smallest absolute Gasteiger partial charge is 0.234 e. The van der Waals surface area contributed by atoms with E-state index in [0.717, 1.165) is 57.4 Å². The molecule has 0 radical (unpaired) electrons. The highest BCUT2D eigenvalue weighted by atomic mass is 35.5. The minimum absolute atomic E-state index is 0. The van der Waals surface area contributed by atoms with Gasteiger partial charge in [-0.1, -0.05) is 20.8 Å². The molecule has 0 aromatic carbocycles. The molecule has 2 N–H and O–H groups in total. The summed E-state index contributed by atoms with van der Waals surface area (Å²) >= 11 is 1.61. The molecule has 10 heteroatoms. The highest BCUT2D eigenvalue weighted by molar-refractivity contribution is 7.19. The van der Waals surface area contributed by atoms with E-state index in [-0.39, 0.29) is 53.5 Å². The number of hydrogen-bond donors (Lipinski definition) is 2. The highest BCUT2D eigenvalue weighted by Gasteiger charge is 2.72. The minimum Gasteiger partial charge on any atom is -0.376 e. The van der Waals surface area contributed by atoms with Crippen molar-refractivity contribution in [2.24, 2.45) is 17.3 Å². The number of nitrogens with zero attached hydrogens (tertiary/aromatic N) is 3. The third kappa shape index (κ3) is 4.16. The van der Waals surface area contributed by atoms with Gasteiger partial charge in [-0.15, -0.1) is 23.7 Å². The van der Waals surface area contributed by atoms with Gasteiger partial charge in [-0.2, -0.15) is 0 Å². The molecule has 1 saturated carbocycles. The molecule has 2 saturated heterocycles. The van der Waals surface area contributed by atoms with Gasteiger partial charge in [-0.25, -0.2) is 0 Å². The van der Waals surface area contributed by atoms with Crippen molar-refractivity contribution in [3.63, 3.8) is 0 Å². The van der Waals surface area contributed by atoms with Crippen molar-refractivity contribution in [2.45, 2.75) is 39.3 Å². The average Bonchev–Trinajstić information content (AvgIpc) is 3.25. The predicted molar refractivity (Wildman–Crippen MR) is 148 cm³/mol. The van der Waals surface area contributed by atoms with E-state index in [9.17, 15) is 9.59 Å². The second-order valence-electron chi connectivity index (χ2n) is 11.1. The Balaban J connectivity index is 0.00000280. The Morgan fingerprint density at radius 3 is 2.62 bits per heavy atom. The van der Waals surface area contributed by atoms with E-state index >= 15 is 0 Å². The van der Waals surface area contributed by atoms with Crippen LogP contribution >= 0.6 is 23.7 Å². The number of fused-ring (bicyclic) bond motifs is 2. The van der Waals surface area contributed by atoms with Crippen molar-refractivity contribution in [2.75, 3.05) is 38.7 Å². The van der Waals surface area contributed by atoms with Crippen LogP contribution in [-0.4, -0.2) is 66.6 Å². The van der Waals surface area contributed by atoms with Gasteiger partial charge in [0.2, 0.25) is 11.8 Å². The topological polar surface area (TPSA) is 90.6 Å². The lowest BCUT2D eigenvalue weighted by atomic mass is 9.98. The summed E-state index contributed by atoms with van der Waals surface area (Å²) in [7, 11) is 4.12. The molecule has 3 unspecified atom stereocenters. The van der Waals surface area contributed by atoms with Crippen molar-refractivity contribution in [1.82, 2.24) is 20.2 Å². The summed E-state index contributed by atoms with van der Waals surface area (Å²) < 4.78 is 7.11. The van der Waals surface area contributed by atoms with Gasteiger partial charge in [0, 0.05) is 61.1 Å². The van der Waals surface area contributed by atoms with Crippen LogP contribution in [0.4, 0.5) is 5.69 Å². The number of morpholine rings is 1. The summed E-state index contributed by atoms with van der Waals surface area (Å²) in [5, 5.41) is 3.43. The number of nitrogens with one attached hydrogen (secondary N) is 2. The van der Waals surface area contributed by atoms with Crippen molar-refractivity contribution >= 4 is 51.5 Å². The van der Waals surface area contributed by atoms with Gasteiger partial charge in [0.15, 0.2) is 0 Å². The van der Waals surface area contributed by atoms with Gasteiger partial charge in [-0.3, -0.25) is 19.5 Å². The van der Waals surface area contributed by atoms with E-state index < -0.39 is 0 Å². The standard InChI is InChI=1S/C27H33N5O3S.ClH/c1-14(20-12-28-8-9-35-20)23-19(31(4)5)11-17(30-23)16-6-7-29-18-10-15(36-24(16)18)13-32-25(33)21-22(26(32)34)27(21,2)3;/h6-7,10-11,14,20-22,28,30H,8-9,12-13H2,1-5H3;1H/t14?,20-,21?,22?;/m1./s1. The highest BCUT2D eigenvalue weighted by Crippen LogP contribution is 2.63. The first-order valence-corrected chi connectivity index (χ1v) is 13.5. The molecule has 37 heavy (non-hydrogen) atoms. The molecular weight excluding hydrogens is 510 g/mol. The van der Waals surface area contributed by atoms with E-state index in [1.54, 1.807) is 11.3 Å². The number of pyridine rings is 1. The summed E-state index contributed by atoms with van der Waals surface area (Å²) in [4.78, 5) is 38.5. The Morgan fingerprint density at radius 1 is 1.24 bits per heavy atom. The first-order valence-electron chi connectivity index (χ1n) is 12.6. The Bertz CT molecular complexity index is 1340. The molecule has 4 atom stereocenters. The van der Waals surface area contributed by atoms with Gasteiger partial charge in [0.1, 0.15) is 0 Å². The Morgan fingerprint density at radius 2 is 1.97 bits per heavy atom. The van der Waals surface area contributed by atoms with E-state index in [4.69, 9.17) is 4.74 Å². The van der Waals surface area contributed by atoms with Gasteiger partial charge >= 0.3 is 0 Å². The molecule has 3 aliphatic rings. The number of anilines is 1. The molecule has 1 aliphatic carbocycles. The monoisotopic (exact) mass is 543 g/mol. The quantitative estimate of drug-likeness (QED) is 0.457. The number of piperidine rings is 1. The molecule has 3 aromatic rings. The van der Waals surface area contributed by atoms with Gasteiger partial charge in [-0.05, 0) is 23.6 Å². The van der Waals surface area contributed by atoms with Crippen LogP contribution in [0.3, 0.4) is 0 Å². The maximum absolute atomic E-state index is 12.8. The zero-order valence-corrected chi connectivity index (χ0v) is 23.5. The number of amides is 2. The number of H-pyrrole nitrogens is 1. The molecule has 2 amide bonds. The first kappa shape index (κ1) is 26.2. The van der Waals surface area contributed by atoms with Crippen LogP contribution in [0.1, 0.15) is 37.3 Å². The largest absolute Gasteiger partial charge is 0.376 e. The number of rotatable bonds is 6. The van der Waals surface area contributed by atoms with Crippen LogP contribution in [-0.2, 0) is 20.9 Å². The Hall–Kier alpha value is -2.46. The van der Waals surface area contributed by atoms with Gasteiger partial charge < -0.3 is 19.9 Å². The lowest BCUT2D eigenvalue weighted by molar-refractivity contribution is -0.143. The summed E-state index contributed by atoms with van der Waals surface area (Å²) in [5.74, 6) is -0.166. The average molecular weight is 544 g/mol. The number of ether oxygens (including phenoxy) is 1. The van der Waals surface area contributed by atoms with E-state index in [1.165, 1.54) is 4.90 Å². The SMILES string of the molecule is CC(c1[nH]c(-c2ccnc3cc(CN4C(=O)C5C(C4=O)C5(C)C)sc23)cc1N(C)C)[C@H]1CNCCO1.Cl. The molecule has 8 nitrogen and oxygen atoms in total. The summed E-state index contributed by atoms with van der Waals surface area (Å²) in [6.07, 6.45) is 1.94. The second kappa shape index (κ2) is 9.38. The number of thiophene rings is 1. The van der Waals surface area contributed by atoms with Gasteiger partial charge in [0.05, 0.1) is 47.0 Å². The zero-order valence-electron chi connectivity index (χ0n) is 21.8. The number of aromatic nitrogens is 2. The number of imide groups is 1. The van der Waals surface area contributed by atoms with Crippen molar-refractivity contribution in [1.29, 1.82) is 0 Å². The molecule has 3 aromatic heterocycles. The maximum atomic E-state index is 12.8.